The van der Waals surface area contributed by atoms with Crippen molar-refractivity contribution in [2.24, 2.45) is 0 Å². The first kappa shape index (κ1) is 40.5. The third-order valence-electron chi connectivity index (χ3n) is 6.39. The molecule has 0 atom stereocenters. The molecule has 0 fully saturated rings. The van der Waals surface area contributed by atoms with Crippen molar-refractivity contribution in [3.8, 4) is 0 Å². The van der Waals surface area contributed by atoms with E-state index in [0.717, 1.165) is 33.4 Å². The molecule has 0 unspecified atom stereocenters. The van der Waals surface area contributed by atoms with Crippen LogP contribution in [-0.2, 0) is 33.6 Å². The molecule has 0 N–H and O–H groups in total. The molecule has 0 saturated carbocycles. The normalized spacial score (nSPS) is 10.7. The van der Waals surface area contributed by atoms with Gasteiger partial charge in [-0.1, -0.05) is 109 Å². The van der Waals surface area contributed by atoms with E-state index >= 15 is 0 Å². The number of benzene rings is 4. The van der Waals surface area contributed by atoms with Crippen LogP contribution >= 0.6 is 0 Å². The molecule has 4 aromatic rings. The van der Waals surface area contributed by atoms with Crippen LogP contribution in [0.25, 0.3) is 36.5 Å². The number of hydrogen-bond acceptors (Lipinski definition) is 6. The van der Waals surface area contributed by atoms with Crippen LogP contribution in [0.5, 0.6) is 0 Å². The molecule has 210 valence electrons. The summed E-state index contributed by atoms with van der Waals surface area (Å²) in [6.45, 7) is 0. The molecule has 0 amide bonds. The van der Waals surface area contributed by atoms with Crippen molar-refractivity contribution in [3.63, 3.8) is 0 Å². The molecule has 0 aliphatic rings. The molecule has 0 aliphatic carbocycles. The maximum Gasteiger partial charge on any atom is 1.00 e. The maximum atomic E-state index is 10.8. The minimum atomic E-state index is -1.12. The fourth-order valence-electron chi connectivity index (χ4n) is 4.31. The van der Waals surface area contributed by atoms with E-state index in [1.807, 2.05) is 91.1 Å². The van der Waals surface area contributed by atoms with Crippen LogP contribution in [0.3, 0.4) is 0 Å². The third kappa shape index (κ3) is 14.6. The van der Waals surface area contributed by atoms with E-state index in [1.165, 1.54) is 0 Å². The Hall–Kier alpha value is -2.49. The molecule has 0 aliphatic heterocycles. The predicted octanol–water partition coefficient (Wildman–Crippen LogP) is -5.91. The van der Waals surface area contributed by atoms with Crippen LogP contribution in [0.2, 0.25) is 0 Å². The Morgan fingerprint density at radius 1 is 0.378 bits per heavy atom. The van der Waals surface area contributed by atoms with Crippen molar-refractivity contribution in [2.45, 2.75) is 19.3 Å². The van der Waals surface area contributed by atoms with Gasteiger partial charge in [0, 0.05) is 37.2 Å². The first-order valence-electron chi connectivity index (χ1n) is 13.3. The number of carbonyl (C=O) groups excluding carboxylic acids is 3. The van der Waals surface area contributed by atoms with Crippen LogP contribution < -0.4 is 104 Å². The largest absolute Gasteiger partial charge is 1.00 e. The monoisotopic (exact) mass is 624 g/mol. The van der Waals surface area contributed by atoms with Gasteiger partial charge in [0.25, 0.3) is 0 Å². The van der Waals surface area contributed by atoms with E-state index in [-0.39, 0.29) is 108 Å². The van der Waals surface area contributed by atoms with Crippen LogP contribution in [0, 0.1) is 0 Å². The zero-order valence-electron chi connectivity index (χ0n) is 25.7. The van der Waals surface area contributed by atoms with Crippen molar-refractivity contribution in [1.82, 2.24) is 0 Å². The van der Waals surface area contributed by atoms with Gasteiger partial charge in [-0.25, -0.2) is 0 Å². The molecule has 9 heteroatoms. The SMILES string of the molecule is O=C([O-])Cc1ccc(/C=C/c2cc(/C=C/c3ccc(CC(=O)[O-])cc3)cc(/C=C/c3ccc(CC(=O)[O-])cc3)c2)cc1.[Na+].[Na+].[Na+]. The number of carboxylic acids is 3. The van der Waals surface area contributed by atoms with Crippen molar-refractivity contribution in [2.75, 3.05) is 0 Å². The van der Waals surface area contributed by atoms with E-state index in [9.17, 15) is 29.7 Å². The second-order valence-electron chi connectivity index (χ2n) is 9.80. The van der Waals surface area contributed by atoms with Gasteiger partial charge < -0.3 is 29.7 Å². The van der Waals surface area contributed by atoms with Gasteiger partial charge in [-0.05, 0) is 68.3 Å². The van der Waals surface area contributed by atoms with Gasteiger partial charge in [-0.15, -0.1) is 0 Å². The first-order valence-corrected chi connectivity index (χ1v) is 13.3. The fraction of sp³-hybridized carbons (Fsp3) is 0.0833. The van der Waals surface area contributed by atoms with Crippen LogP contribution in [0.15, 0.2) is 91.0 Å². The Labute approximate surface area is 329 Å². The second-order valence-corrected chi connectivity index (χ2v) is 9.80. The summed E-state index contributed by atoms with van der Waals surface area (Å²) in [4.78, 5) is 32.5. The minimum absolute atomic E-state index is 0. The van der Waals surface area contributed by atoms with Gasteiger partial charge in [-0.3, -0.25) is 0 Å². The van der Waals surface area contributed by atoms with Gasteiger partial charge >= 0.3 is 88.7 Å². The average molecular weight is 625 g/mol. The summed E-state index contributed by atoms with van der Waals surface area (Å²) in [6.07, 6.45) is 11.4. The Kier molecular flexibility index (Phi) is 18.6. The number of carboxylic acid groups (broad SMARTS) is 3. The second kappa shape index (κ2) is 20.6. The number of carbonyl (C=O) groups is 3. The number of rotatable bonds is 12. The Bertz CT molecular complexity index is 1450. The van der Waals surface area contributed by atoms with Crippen LogP contribution in [-0.4, -0.2) is 17.9 Å². The standard InChI is InChI=1S/C36H30O6.3Na/c37-34(38)22-28-10-1-25(2-11-28)7-16-31-19-32(17-8-26-3-12-29(13-4-26)23-35(39)40)21-33(20-31)18-9-27-5-14-30(15-6-27)24-36(41)42;;;/h1-21H,22-24H2,(H,37,38)(H,39,40)(H,41,42);;;/q;3*+1/p-3/b16-7+,17-8+,18-9+;;;. The molecule has 4 aromatic carbocycles. The van der Waals surface area contributed by atoms with Gasteiger partial charge in [-0.2, -0.15) is 0 Å². The van der Waals surface area contributed by atoms with Crippen molar-refractivity contribution < 1.29 is 118 Å². The van der Waals surface area contributed by atoms with E-state index in [2.05, 4.69) is 0 Å². The fourth-order valence-corrected chi connectivity index (χ4v) is 4.31. The zero-order chi connectivity index (χ0) is 29.9. The molecular formula is C36H27Na3O6. The maximum absolute atomic E-state index is 10.8. The van der Waals surface area contributed by atoms with E-state index in [1.54, 1.807) is 36.4 Å². The Balaban J connectivity index is 0.00000337. The molecule has 0 saturated heterocycles. The average Bonchev–Trinajstić information content (AvgIpc) is 2.95. The molecule has 0 heterocycles. The summed E-state index contributed by atoms with van der Waals surface area (Å²) in [5, 5.41) is 32.5. The van der Waals surface area contributed by atoms with Gasteiger partial charge in [0.2, 0.25) is 0 Å². The number of aliphatic carboxylic acids is 3. The third-order valence-corrected chi connectivity index (χ3v) is 6.39. The summed E-state index contributed by atoms with van der Waals surface area (Å²) < 4.78 is 0. The van der Waals surface area contributed by atoms with Gasteiger partial charge in [0.1, 0.15) is 0 Å². The summed E-state index contributed by atoms with van der Waals surface area (Å²) in [5.74, 6) is -3.36. The topological polar surface area (TPSA) is 120 Å². The zero-order valence-corrected chi connectivity index (χ0v) is 31.7. The summed E-state index contributed by atoms with van der Waals surface area (Å²) >= 11 is 0. The molecule has 0 aromatic heterocycles. The van der Waals surface area contributed by atoms with Crippen LogP contribution in [0.4, 0.5) is 0 Å². The predicted molar refractivity (Wildman–Crippen MR) is 159 cm³/mol. The molecule has 0 bridgehead atoms. The Morgan fingerprint density at radius 3 is 0.778 bits per heavy atom. The van der Waals surface area contributed by atoms with Crippen molar-refractivity contribution in [1.29, 1.82) is 0 Å². The molecular weight excluding hydrogens is 597 g/mol. The van der Waals surface area contributed by atoms with Crippen molar-refractivity contribution in [3.05, 3.63) is 141 Å². The van der Waals surface area contributed by atoms with Crippen molar-refractivity contribution >= 4 is 54.4 Å². The first-order chi connectivity index (χ1) is 20.2. The Morgan fingerprint density at radius 2 is 0.578 bits per heavy atom. The summed E-state index contributed by atoms with van der Waals surface area (Å²) in [5.41, 5.74) is 7.62. The van der Waals surface area contributed by atoms with E-state index in [0.29, 0.717) is 16.7 Å². The quantitative estimate of drug-likeness (QED) is 0.114. The van der Waals surface area contributed by atoms with Gasteiger partial charge in [0.05, 0.1) is 0 Å². The molecule has 45 heavy (non-hydrogen) atoms. The summed E-state index contributed by atoms with van der Waals surface area (Å²) in [6, 6.07) is 27.8. The number of hydrogen-bond donors (Lipinski definition) is 0. The molecule has 0 radical (unpaired) electrons. The van der Waals surface area contributed by atoms with Gasteiger partial charge in [0.15, 0.2) is 0 Å². The van der Waals surface area contributed by atoms with Crippen LogP contribution in [0.1, 0.15) is 50.1 Å². The van der Waals surface area contributed by atoms with E-state index < -0.39 is 17.9 Å². The molecule has 6 nitrogen and oxygen atoms in total. The molecule has 4 rings (SSSR count). The molecule has 0 spiro atoms. The van der Waals surface area contributed by atoms with E-state index in [4.69, 9.17) is 0 Å². The summed E-state index contributed by atoms with van der Waals surface area (Å²) in [7, 11) is 0. The minimum Gasteiger partial charge on any atom is -0.550 e. The smallest absolute Gasteiger partial charge is 0.550 e.